The maximum atomic E-state index is 12.3. The van der Waals surface area contributed by atoms with Crippen molar-refractivity contribution >= 4 is 54.0 Å². The molecule has 2 heterocycles. The third-order valence-electron chi connectivity index (χ3n) is 4.88. The third kappa shape index (κ3) is 6.42. The highest BCUT2D eigenvalue weighted by Gasteiger charge is 2.30. The topological polar surface area (TPSA) is 85.4 Å². The van der Waals surface area contributed by atoms with Gasteiger partial charge in [-0.25, -0.2) is 4.85 Å². The van der Waals surface area contributed by atoms with Crippen LogP contribution in [0.15, 0.2) is 18.3 Å². The maximum absolute atomic E-state index is 12.3. The highest BCUT2D eigenvalue weighted by Crippen LogP contribution is 2.26. The molecule has 0 radical (unpaired) electrons. The van der Waals surface area contributed by atoms with Crippen molar-refractivity contribution in [2.45, 2.75) is 31.3 Å². The minimum atomic E-state index is -0.281. The van der Waals surface area contributed by atoms with Gasteiger partial charge in [-0.2, -0.15) is 5.26 Å². The summed E-state index contributed by atoms with van der Waals surface area (Å²) in [6, 6.07) is 5.85. The summed E-state index contributed by atoms with van der Waals surface area (Å²) in [7, 11) is 0. The number of rotatable bonds is 6. The van der Waals surface area contributed by atoms with Crippen molar-refractivity contribution in [3.05, 3.63) is 29.7 Å². The standard InChI is InChI=1S/C18H22N6OS.2ClH/c1-20-15-4-5-17(23-9-15)22-8-13-2-3-14(6-13)21-10-18(25)24-12-26-11-16(24)7-19;;/h4-5,9,13-14,16,21H,2-3,6,8,10-12H2,(H,22,23);2*1H/t13-,14-,16-;;/m1../s1. The van der Waals surface area contributed by atoms with E-state index in [1.807, 2.05) is 6.07 Å². The van der Waals surface area contributed by atoms with Crippen molar-refractivity contribution in [2.24, 2.45) is 5.92 Å². The Bertz CT molecular complexity index is 720. The Morgan fingerprint density at radius 2 is 2.25 bits per heavy atom. The maximum Gasteiger partial charge on any atom is 0.238 e. The van der Waals surface area contributed by atoms with Crippen LogP contribution in [0.25, 0.3) is 4.85 Å². The van der Waals surface area contributed by atoms with Crippen molar-refractivity contribution in [3.63, 3.8) is 0 Å². The van der Waals surface area contributed by atoms with Crippen molar-refractivity contribution < 1.29 is 4.79 Å². The number of halogens is 2. The fraction of sp³-hybridized carbons (Fsp3) is 0.556. The van der Waals surface area contributed by atoms with Crippen LogP contribution in [0.5, 0.6) is 0 Å². The monoisotopic (exact) mass is 442 g/mol. The molecule has 1 aromatic rings. The van der Waals surface area contributed by atoms with Crippen LogP contribution in [0.3, 0.4) is 0 Å². The van der Waals surface area contributed by atoms with Crippen LogP contribution in [-0.4, -0.2) is 52.6 Å². The summed E-state index contributed by atoms with van der Waals surface area (Å²) in [5.74, 6) is 2.68. The highest BCUT2D eigenvalue weighted by molar-refractivity contribution is 7.99. The SMILES string of the molecule is Cl.Cl.[C-]#[N+]c1ccc(NC[C@@H]2CC[C@@H](NCC(=O)N3CSC[C@H]3C#N)C2)nc1. The van der Waals surface area contributed by atoms with E-state index in [4.69, 9.17) is 11.8 Å². The van der Waals surface area contributed by atoms with Gasteiger partial charge in [0.25, 0.3) is 0 Å². The lowest BCUT2D eigenvalue weighted by molar-refractivity contribution is -0.129. The first-order chi connectivity index (χ1) is 12.7. The smallest absolute Gasteiger partial charge is 0.238 e. The molecule has 0 spiro atoms. The van der Waals surface area contributed by atoms with Gasteiger partial charge in [-0.3, -0.25) is 9.78 Å². The summed E-state index contributed by atoms with van der Waals surface area (Å²) < 4.78 is 0. The average molecular weight is 443 g/mol. The summed E-state index contributed by atoms with van der Waals surface area (Å²) in [5.41, 5.74) is 0.542. The van der Waals surface area contributed by atoms with E-state index in [-0.39, 0.29) is 36.8 Å². The summed E-state index contributed by atoms with van der Waals surface area (Å²) in [5, 5.41) is 15.8. The van der Waals surface area contributed by atoms with E-state index in [0.29, 0.717) is 35.8 Å². The van der Waals surface area contributed by atoms with Crippen LogP contribution in [0.1, 0.15) is 19.3 Å². The molecule has 2 aliphatic rings. The lowest BCUT2D eigenvalue weighted by atomic mass is 10.1. The average Bonchev–Trinajstić information content (AvgIpc) is 3.34. The molecule has 10 heteroatoms. The molecule has 1 aliphatic carbocycles. The molecule has 2 N–H and O–H groups in total. The zero-order valence-corrected chi connectivity index (χ0v) is 17.8. The molecule has 2 fully saturated rings. The van der Waals surface area contributed by atoms with Gasteiger partial charge in [0, 0.05) is 24.5 Å². The third-order valence-corrected chi connectivity index (χ3v) is 5.90. The fourth-order valence-electron chi connectivity index (χ4n) is 3.38. The van der Waals surface area contributed by atoms with Crippen LogP contribution < -0.4 is 10.6 Å². The number of anilines is 1. The van der Waals surface area contributed by atoms with Gasteiger partial charge in [-0.05, 0) is 31.2 Å². The van der Waals surface area contributed by atoms with Gasteiger partial charge in [0.2, 0.25) is 11.6 Å². The van der Waals surface area contributed by atoms with Gasteiger partial charge in [0.15, 0.2) is 0 Å². The molecular weight excluding hydrogens is 419 g/mol. The van der Waals surface area contributed by atoms with Gasteiger partial charge in [0.1, 0.15) is 11.9 Å². The predicted molar refractivity (Wildman–Crippen MR) is 116 cm³/mol. The molecule has 1 aromatic heterocycles. The molecule has 0 unspecified atom stereocenters. The zero-order valence-electron chi connectivity index (χ0n) is 15.3. The van der Waals surface area contributed by atoms with E-state index in [2.05, 4.69) is 26.5 Å². The van der Waals surface area contributed by atoms with E-state index in [1.165, 1.54) is 0 Å². The molecule has 1 saturated carbocycles. The number of aromatic nitrogens is 1. The molecule has 1 saturated heterocycles. The summed E-state index contributed by atoms with van der Waals surface area (Å²) in [6.45, 7) is 8.09. The van der Waals surface area contributed by atoms with E-state index in [9.17, 15) is 4.79 Å². The minimum absolute atomic E-state index is 0. The van der Waals surface area contributed by atoms with Crippen LogP contribution >= 0.6 is 36.6 Å². The first-order valence-corrected chi connectivity index (χ1v) is 9.92. The number of hydrogen-bond acceptors (Lipinski definition) is 6. The Kier molecular flexibility index (Phi) is 10.4. The van der Waals surface area contributed by atoms with Gasteiger partial charge in [-0.1, -0.05) is 6.07 Å². The van der Waals surface area contributed by atoms with Gasteiger partial charge < -0.3 is 15.5 Å². The zero-order chi connectivity index (χ0) is 18.4. The second-order valence-corrected chi connectivity index (χ2v) is 7.66. The fourth-order valence-corrected chi connectivity index (χ4v) is 4.48. The Hall–Kier alpha value is -1.71. The lowest BCUT2D eigenvalue weighted by Gasteiger charge is -2.20. The number of carbonyl (C=O) groups is 1. The Labute approximate surface area is 182 Å². The molecular formula is C18H24Cl2N6OS. The molecule has 1 aliphatic heterocycles. The van der Waals surface area contributed by atoms with Crippen LogP contribution in [0.2, 0.25) is 0 Å². The number of thioether (sulfide) groups is 1. The number of pyridine rings is 1. The Morgan fingerprint density at radius 1 is 1.43 bits per heavy atom. The van der Waals surface area contributed by atoms with E-state index < -0.39 is 0 Å². The second-order valence-electron chi connectivity index (χ2n) is 6.66. The molecule has 3 atom stereocenters. The number of nitrogens with zero attached hydrogens (tertiary/aromatic N) is 4. The van der Waals surface area contributed by atoms with Crippen LogP contribution in [-0.2, 0) is 4.79 Å². The van der Waals surface area contributed by atoms with Crippen molar-refractivity contribution in [2.75, 3.05) is 30.0 Å². The molecule has 3 rings (SSSR count). The number of carbonyl (C=O) groups excluding carboxylic acids is 1. The predicted octanol–water partition coefficient (Wildman–Crippen LogP) is 3.07. The first-order valence-electron chi connectivity index (χ1n) is 8.77. The summed E-state index contributed by atoms with van der Waals surface area (Å²) in [6.07, 6.45) is 4.77. The lowest BCUT2D eigenvalue weighted by Crippen LogP contribution is -2.43. The number of nitriles is 1. The van der Waals surface area contributed by atoms with E-state index in [0.717, 1.165) is 31.6 Å². The molecule has 1 amide bonds. The Balaban J connectivity index is 0.00000196. The van der Waals surface area contributed by atoms with E-state index in [1.54, 1.807) is 28.9 Å². The molecule has 152 valence electrons. The van der Waals surface area contributed by atoms with Gasteiger partial charge in [-0.15, -0.1) is 36.6 Å². The number of amides is 1. The van der Waals surface area contributed by atoms with E-state index >= 15 is 0 Å². The molecule has 28 heavy (non-hydrogen) atoms. The minimum Gasteiger partial charge on any atom is -0.370 e. The van der Waals surface area contributed by atoms with Crippen LogP contribution in [0, 0.1) is 23.8 Å². The normalized spacial score (nSPS) is 23.1. The Morgan fingerprint density at radius 3 is 2.93 bits per heavy atom. The van der Waals surface area contributed by atoms with Crippen molar-refractivity contribution in [1.82, 2.24) is 15.2 Å². The van der Waals surface area contributed by atoms with Gasteiger partial charge >= 0.3 is 0 Å². The van der Waals surface area contributed by atoms with Crippen molar-refractivity contribution in [1.29, 1.82) is 5.26 Å². The summed E-state index contributed by atoms with van der Waals surface area (Å²) in [4.78, 5) is 21.5. The van der Waals surface area contributed by atoms with Gasteiger partial charge in [0.05, 0.1) is 25.1 Å². The summed E-state index contributed by atoms with van der Waals surface area (Å²) >= 11 is 1.63. The van der Waals surface area contributed by atoms with Crippen molar-refractivity contribution in [3.8, 4) is 6.07 Å². The second kappa shape index (κ2) is 12.0. The largest absolute Gasteiger partial charge is 0.370 e. The van der Waals surface area contributed by atoms with Crippen LogP contribution in [0.4, 0.5) is 11.5 Å². The molecule has 0 aromatic carbocycles. The molecule has 0 bridgehead atoms. The quantitative estimate of drug-likeness (QED) is 0.658. The molecule has 7 nitrogen and oxygen atoms in total. The first kappa shape index (κ1) is 24.3. The number of hydrogen-bond donors (Lipinski definition) is 2. The highest BCUT2D eigenvalue weighted by atomic mass is 35.5. The number of nitrogens with one attached hydrogen (secondary N) is 2.